The van der Waals surface area contributed by atoms with Crippen LogP contribution >= 0.6 is 15.9 Å². The number of hydrazine groups is 1. The average Bonchev–Trinajstić information content (AvgIpc) is 3.00. The predicted octanol–water partition coefficient (Wildman–Crippen LogP) is 2.98. The Morgan fingerprint density at radius 3 is 2.86 bits per heavy atom. The molecule has 0 bridgehead atoms. The number of rotatable bonds is 4. The molecule has 2 heterocycles. The van der Waals surface area contributed by atoms with Crippen LogP contribution in [0.3, 0.4) is 0 Å². The molecule has 0 saturated carbocycles. The van der Waals surface area contributed by atoms with E-state index < -0.39 is 0 Å². The van der Waals surface area contributed by atoms with Crippen molar-refractivity contribution in [2.24, 2.45) is 12.9 Å². The lowest BCUT2D eigenvalue weighted by atomic mass is 10.1. The largest absolute Gasteiger partial charge is 0.458 e. The number of aryl methyl sites for hydroxylation is 2. The fourth-order valence-corrected chi connectivity index (χ4v) is 2.99. The number of nitrogens with one attached hydrogen (secondary N) is 1. The zero-order chi connectivity index (χ0) is 15.0. The van der Waals surface area contributed by atoms with Crippen molar-refractivity contribution in [3.05, 3.63) is 52.0 Å². The predicted molar refractivity (Wildman–Crippen MR) is 85.6 cm³/mol. The third-order valence-corrected chi connectivity index (χ3v) is 4.20. The summed E-state index contributed by atoms with van der Waals surface area (Å²) in [4.78, 5) is 0. The van der Waals surface area contributed by atoms with Gasteiger partial charge < -0.3 is 4.42 Å². The SMILES string of the molecule is Cc1cc(CC(NN)c2cc3cccc(Br)c3o2)n(C)n1. The van der Waals surface area contributed by atoms with E-state index in [2.05, 4.69) is 32.5 Å². The number of furan rings is 1. The van der Waals surface area contributed by atoms with Gasteiger partial charge in [0.15, 0.2) is 0 Å². The Bertz CT molecular complexity index is 777. The zero-order valence-corrected chi connectivity index (χ0v) is 13.5. The molecule has 0 saturated heterocycles. The molecule has 6 heteroatoms. The fourth-order valence-electron chi connectivity index (χ4n) is 2.53. The fraction of sp³-hybridized carbons (Fsp3) is 0.267. The summed E-state index contributed by atoms with van der Waals surface area (Å²) in [5.74, 6) is 6.54. The molecule has 0 aliphatic carbocycles. The Labute approximate surface area is 131 Å². The van der Waals surface area contributed by atoms with Gasteiger partial charge in [0.05, 0.1) is 16.2 Å². The number of nitrogens with zero attached hydrogens (tertiary/aromatic N) is 2. The molecule has 0 radical (unpaired) electrons. The smallest absolute Gasteiger partial charge is 0.148 e. The molecule has 2 aromatic heterocycles. The second-order valence-electron chi connectivity index (χ2n) is 5.13. The number of aromatic nitrogens is 2. The van der Waals surface area contributed by atoms with Gasteiger partial charge in [-0.2, -0.15) is 5.10 Å². The summed E-state index contributed by atoms with van der Waals surface area (Å²) in [6, 6.07) is 9.96. The van der Waals surface area contributed by atoms with Crippen molar-refractivity contribution < 1.29 is 4.42 Å². The van der Waals surface area contributed by atoms with Crippen molar-refractivity contribution in [3.63, 3.8) is 0 Å². The van der Waals surface area contributed by atoms with Gasteiger partial charge in [0.2, 0.25) is 0 Å². The summed E-state index contributed by atoms with van der Waals surface area (Å²) < 4.78 is 8.77. The first kappa shape index (κ1) is 14.3. The van der Waals surface area contributed by atoms with Gasteiger partial charge >= 0.3 is 0 Å². The molecule has 0 aliphatic rings. The molecule has 1 aromatic carbocycles. The van der Waals surface area contributed by atoms with Crippen molar-refractivity contribution in [2.75, 3.05) is 0 Å². The maximum Gasteiger partial charge on any atom is 0.148 e. The van der Waals surface area contributed by atoms with Crippen molar-refractivity contribution in [1.82, 2.24) is 15.2 Å². The van der Waals surface area contributed by atoms with Crippen LogP contribution in [0.4, 0.5) is 0 Å². The Kier molecular flexibility index (Phi) is 3.84. The minimum absolute atomic E-state index is 0.0981. The first-order chi connectivity index (χ1) is 10.1. The Hall–Kier alpha value is -1.63. The highest BCUT2D eigenvalue weighted by Crippen LogP contribution is 2.30. The van der Waals surface area contributed by atoms with E-state index in [0.717, 1.165) is 32.6 Å². The van der Waals surface area contributed by atoms with Gasteiger partial charge in [-0.1, -0.05) is 12.1 Å². The summed E-state index contributed by atoms with van der Waals surface area (Å²) in [6.45, 7) is 1.98. The Balaban J connectivity index is 1.94. The number of nitrogens with two attached hydrogens (primary N) is 1. The summed E-state index contributed by atoms with van der Waals surface area (Å²) in [7, 11) is 1.94. The topological polar surface area (TPSA) is 69.0 Å². The number of benzene rings is 1. The molecule has 21 heavy (non-hydrogen) atoms. The standard InChI is InChI=1S/C15H17BrN4O/c1-9-6-11(20(2)19-9)8-13(18-17)14-7-10-4-3-5-12(16)15(10)21-14/h3-7,13,18H,8,17H2,1-2H3. The van der Waals surface area contributed by atoms with Gasteiger partial charge in [0, 0.05) is 24.5 Å². The maximum absolute atomic E-state index is 5.95. The van der Waals surface area contributed by atoms with E-state index in [9.17, 15) is 0 Å². The number of halogens is 1. The molecule has 110 valence electrons. The minimum atomic E-state index is -0.0981. The summed E-state index contributed by atoms with van der Waals surface area (Å²) in [5.41, 5.74) is 5.78. The first-order valence-corrected chi connectivity index (χ1v) is 7.51. The normalized spacial score (nSPS) is 13.0. The molecule has 0 amide bonds. The molecule has 1 unspecified atom stereocenters. The zero-order valence-electron chi connectivity index (χ0n) is 11.9. The van der Waals surface area contributed by atoms with Gasteiger partial charge in [-0.05, 0) is 41.1 Å². The van der Waals surface area contributed by atoms with Gasteiger partial charge in [-0.15, -0.1) is 0 Å². The lowest BCUT2D eigenvalue weighted by molar-refractivity contribution is 0.427. The van der Waals surface area contributed by atoms with E-state index in [-0.39, 0.29) is 6.04 Å². The second kappa shape index (κ2) is 5.63. The van der Waals surface area contributed by atoms with E-state index in [1.807, 2.05) is 42.9 Å². The Morgan fingerprint density at radius 2 is 2.24 bits per heavy atom. The highest BCUT2D eigenvalue weighted by atomic mass is 79.9. The second-order valence-corrected chi connectivity index (χ2v) is 5.99. The van der Waals surface area contributed by atoms with E-state index >= 15 is 0 Å². The molecule has 1 atom stereocenters. The molecule has 3 N–H and O–H groups in total. The van der Waals surface area contributed by atoms with Crippen LogP contribution in [0.5, 0.6) is 0 Å². The number of hydrogen-bond acceptors (Lipinski definition) is 4. The molecule has 0 fully saturated rings. The van der Waals surface area contributed by atoms with Crippen LogP contribution in [-0.2, 0) is 13.5 Å². The van der Waals surface area contributed by atoms with Gasteiger partial charge in [0.25, 0.3) is 0 Å². The van der Waals surface area contributed by atoms with Crippen LogP contribution in [0.25, 0.3) is 11.0 Å². The van der Waals surface area contributed by atoms with E-state index in [0.29, 0.717) is 6.42 Å². The highest BCUT2D eigenvalue weighted by Gasteiger charge is 2.18. The van der Waals surface area contributed by atoms with Crippen LogP contribution in [0.15, 0.2) is 39.2 Å². The Morgan fingerprint density at radius 1 is 1.43 bits per heavy atom. The third-order valence-electron chi connectivity index (χ3n) is 3.57. The third kappa shape index (κ3) is 2.74. The van der Waals surface area contributed by atoms with Gasteiger partial charge in [-0.3, -0.25) is 10.5 Å². The first-order valence-electron chi connectivity index (χ1n) is 6.72. The summed E-state index contributed by atoms with van der Waals surface area (Å²) in [6.07, 6.45) is 0.714. The summed E-state index contributed by atoms with van der Waals surface area (Å²) in [5, 5.41) is 5.42. The molecule has 0 spiro atoms. The van der Waals surface area contributed by atoms with Crippen LogP contribution in [0, 0.1) is 6.92 Å². The van der Waals surface area contributed by atoms with E-state index in [1.165, 1.54) is 0 Å². The monoisotopic (exact) mass is 348 g/mol. The number of para-hydroxylation sites is 1. The lowest BCUT2D eigenvalue weighted by Crippen LogP contribution is -2.29. The molecule has 3 rings (SSSR count). The number of hydrogen-bond donors (Lipinski definition) is 2. The van der Waals surface area contributed by atoms with Crippen LogP contribution in [0.2, 0.25) is 0 Å². The molecule has 3 aromatic rings. The van der Waals surface area contributed by atoms with Crippen molar-refractivity contribution >= 4 is 26.9 Å². The quantitative estimate of drug-likeness (QED) is 0.561. The molecule has 5 nitrogen and oxygen atoms in total. The molecular formula is C15H17BrN4O. The highest BCUT2D eigenvalue weighted by molar-refractivity contribution is 9.10. The van der Waals surface area contributed by atoms with Crippen molar-refractivity contribution in [2.45, 2.75) is 19.4 Å². The van der Waals surface area contributed by atoms with Crippen LogP contribution in [0.1, 0.15) is 23.2 Å². The lowest BCUT2D eigenvalue weighted by Gasteiger charge is -2.13. The van der Waals surface area contributed by atoms with Crippen molar-refractivity contribution in [3.8, 4) is 0 Å². The van der Waals surface area contributed by atoms with E-state index in [4.69, 9.17) is 10.3 Å². The van der Waals surface area contributed by atoms with Gasteiger partial charge in [0.1, 0.15) is 11.3 Å². The average molecular weight is 349 g/mol. The van der Waals surface area contributed by atoms with Crippen molar-refractivity contribution in [1.29, 1.82) is 0 Å². The van der Waals surface area contributed by atoms with E-state index in [1.54, 1.807) is 0 Å². The minimum Gasteiger partial charge on any atom is -0.458 e. The number of fused-ring (bicyclic) bond motifs is 1. The maximum atomic E-state index is 5.95. The molecular weight excluding hydrogens is 332 g/mol. The van der Waals surface area contributed by atoms with Crippen LogP contribution in [-0.4, -0.2) is 9.78 Å². The molecule has 0 aliphatic heterocycles. The van der Waals surface area contributed by atoms with Crippen LogP contribution < -0.4 is 11.3 Å². The summed E-state index contributed by atoms with van der Waals surface area (Å²) >= 11 is 3.50. The van der Waals surface area contributed by atoms with Gasteiger partial charge in [-0.25, -0.2) is 5.43 Å².